The minimum atomic E-state index is -0.525. The molecule has 2 aliphatic heterocycles. The zero-order valence-corrected chi connectivity index (χ0v) is 14.7. The van der Waals surface area contributed by atoms with Crippen LogP contribution in [0.5, 0.6) is 0 Å². The maximum Gasteiger partial charge on any atom is 0.269 e. The highest BCUT2D eigenvalue weighted by Gasteiger charge is 2.28. The van der Waals surface area contributed by atoms with Crippen molar-refractivity contribution in [1.29, 1.82) is 0 Å². The Kier molecular flexibility index (Phi) is 5.70. The average Bonchev–Trinajstić information content (AvgIpc) is 3.12. The molecule has 0 unspecified atom stereocenters. The topological polar surface area (TPSA) is 105 Å². The van der Waals surface area contributed by atoms with Crippen LogP contribution in [0.15, 0.2) is 6.07 Å². The lowest BCUT2D eigenvalue weighted by atomic mass is 9.94. The summed E-state index contributed by atoms with van der Waals surface area (Å²) >= 11 is 0. The van der Waals surface area contributed by atoms with Gasteiger partial charge in [-0.05, 0) is 31.9 Å². The highest BCUT2D eigenvalue weighted by Crippen LogP contribution is 2.26. The van der Waals surface area contributed by atoms with E-state index in [2.05, 4.69) is 22.0 Å². The van der Waals surface area contributed by atoms with E-state index >= 15 is 0 Å². The number of aromatic nitrogens is 2. The first kappa shape index (κ1) is 17.9. The standard InChI is InChI=1S/C17H27N5O3/c1-2-13-10-22(6-7-25-13)16(23)11-21-5-3-4-12(9-21)14-8-15(17(18)24)20-19-14/h8,12-13H,2-7,9-11H2,1H3,(H2,18,24)(H,19,20)/t12-,13-/m1/s1. The summed E-state index contributed by atoms with van der Waals surface area (Å²) in [5.41, 5.74) is 6.45. The molecule has 3 heterocycles. The number of primary amides is 1. The second kappa shape index (κ2) is 7.97. The van der Waals surface area contributed by atoms with E-state index in [9.17, 15) is 9.59 Å². The molecule has 8 nitrogen and oxygen atoms in total. The number of nitrogens with two attached hydrogens (primary N) is 1. The van der Waals surface area contributed by atoms with Crippen molar-refractivity contribution < 1.29 is 14.3 Å². The van der Waals surface area contributed by atoms with Gasteiger partial charge in [0.15, 0.2) is 0 Å². The van der Waals surface area contributed by atoms with E-state index < -0.39 is 5.91 Å². The van der Waals surface area contributed by atoms with Crippen LogP contribution in [0.2, 0.25) is 0 Å². The average molecular weight is 349 g/mol. The van der Waals surface area contributed by atoms with Crippen molar-refractivity contribution in [2.24, 2.45) is 5.73 Å². The molecular weight excluding hydrogens is 322 g/mol. The third-order valence-corrected chi connectivity index (χ3v) is 5.10. The first-order valence-electron chi connectivity index (χ1n) is 9.03. The van der Waals surface area contributed by atoms with Crippen LogP contribution in [-0.4, -0.2) is 77.2 Å². The summed E-state index contributed by atoms with van der Waals surface area (Å²) in [6.45, 7) is 6.21. The molecule has 2 atom stereocenters. The van der Waals surface area contributed by atoms with E-state index in [4.69, 9.17) is 10.5 Å². The minimum absolute atomic E-state index is 0.156. The van der Waals surface area contributed by atoms with Gasteiger partial charge >= 0.3 is 0 Å². The molecule has 2 saturated heterocycles. The van der Waals surface area contributed by atoms with E-state index in [1.807, 2.05) is 4.90 Å². The Morgan fingerprint density at radius 3 is 2.96 bits per heavy atom. The molecule has 1 aromatic rings. The van der Waals surface area contributed by atoms with Crippen LogP contribution in [-0.2, 0) is 9.53 Å². The molecule has 2 fully saturated rings. The van der Waals surface area contributed by atoms with Crippen LogP contribution in [0, 0.1) is 0 Å². The van der Waals surface area contributed by atoms with Gasteiger partial charge in [0.1, 0.15) is 5.69 Å². The third kappa shape index (κ3) is 4.38. The predicted octanol–water partition coefficient (Wildman–Crippen LogP) is 0.325. The zero-order valence-electron chi connectivity index (χ0n) is 14.7. The number of nitrogens with zero attached hydrogens (tertiary/aromatic N) is 3. The summed E-state index contributed by atoms with van der Waals surface area (Å²) in [7, 11) is 0. The van der Waals surface area contributed by atoms with Crippen molar-refractivity contribution in [1.82, 2.24) is 20.0 Å². The Labute approximate surface area is 147 Å². The van der Waals surface area contributed by atoms with Gasteiger partial charge in [-0.1, -0.05) is 6.92 Å². The highest BCUT2D eigenvalue weighted by molar-refractivity contribution is 5.90. The number of rotatable bonds is 5. The number of amides is 2. The number of piperidine rings is 1. The van der Waals surface area contributed by atoms with E-state index in [0.717, 1.165) is 38.0 Å². The van der Waals surface area contributed by atoms with Crippen molar-refractivity contribution in [3.8, 4) is 0 Å². The maximum absolute atomic E-state index is 12.6. The second-order valence-electron chi connectivity index (χ2n) is 6.89. The number of nitrogens with one attached hydrogen (secondary N) is 1. The molecule has 3 rings (SSSR count). The lowest BCUT2D eigenvalue weighted by Gasteiger charge is -2.36. The molecule has 0 saturated carbocycles. The van der Waals surface area contributed by atoms with Gasteiger partial charge in [0, 0.05) is 31.2 Å². The molecular formula is C17H27N5O3. The van der Waals surface area contributed by atoms with Gasteiger partial charge in [0.05, 0.1) is 19.3 Å². The summed E-state index contributed by atoms with van der Waals surface area (Å²) in [4.78, 5) is 27.9. The van der Waals surface area contributed by atoms with Gasteiger partial charge in [0.25, 0.3) is 5.91 Å². The lowest BCUT2D eigenvalue weighted by Crippen LogP contribution is -2.50. The predicted molar refractivity (Wildman–Crippen MR) is 92.1 cm³/mol. The zero-order chi connectivity index (χ0) is 17.8. The molecule has 1 aromatic heterocycles. The van der Waals surface area contributed by atoms with Crippen molar-refractivity contribution >= 4 is 11.8 Å². The fourth-order valence-corrected chi connectivity index (χ4v) is 3.61. The Morgan fingerprint density at radius 1 is 1.40 bits per heavy atom. The fraction of sp³-hybridized carbons (Fsp3) is 0.706. The second-order valence-corrected chi connectivity index (χ2v) is 6.89. The van der Waals surface area contributed by atoms with Gasteiger partial charge in [-0.3, -0.25) is 19.6 Å². The number of likely N-dealkylation sites (tertiary alicyclic amines) is 1. The van der Waals surface area contributed by atoms with Crippen LogP contribution in [0.3, 0.4) is 0 Å². The molecule has 138 valence electrons. The monoisotopic (exact) mass is 349 g/mol. The van der Waals surface area contributed by atoms with E-state index in [1.54, 1.807) is 6.07 Å². The number of ether oxygens (including phenoxy) is 1. The smallest absolute Gasteiger partial charge is 0.269 e. The van der Waals surface area contributed by atoms with Crippen LogP contribution < -0.4 is 5.73 Å². The van der Waals surface area contributed by atoms with Crippen LogP contribution in [0.25, 0.3) is 0 Å². The SMILES string of the molecule is CC[C@@H]1CN(C(=O)CN2CCC[C@@H](c3cc(C(N)=O)n[nH]3)C2)CCO1. The number of carbonyl (C=O) groups excluding carboxylic acids is 2. The molecule has 0 radical (unpaired) electrons. The summed E-state index contributed by atoms with van der Waals surface area (Å²) < 4.78 is 5.64. The molecule has 0 aromatic carbocycles. The Morgan fingerprint density at radius 2 is 2.24 bits per heavy atom. The van der Waals surface area contributed by atoms with Gasteiger partial charge < -0.3 is 15.4 Å². The van der Waals surface area contributed by atoms with E-state index in [-0.39, 0.29) is 23.6 Å². The summed E-state index contributed by atoms with van der Waals surface area (Å²) in [6, 6.07) is 1.73. The number of hydrogen-bond donors (Lipinski definition) is 2. The molecule has 0 spiro atoms. The molecule has 2 amide bonds. The molecule has 8 heteroatoms. The van der Waals surface area contributed by atoms with Crippen molar-refractivity contribution in [3.05, 3.63) is 17.5 Å². The summed E-state index contributed by atoms with van der Waals surface area (Å²) in [5.74, 6) is -0.108. The Hall–Kier alpha value is -1.93. The van der Waals surface area contributed by atoms with Crippen molar-refractivity contribution in [2.45, 2.75) is 38.2 Å². The third-order valence-electron chi connectivity index (χ3n) is 5.10. The minimum Gasteiger partial charge on any atom is -0.375 e. The number of hydrogen-bond acceptors (Lipinski definition) is 5. The highest BCUT2D eigenvalue weighted by atomic mass is 16.5. The van der Waals surface area contributed by atoms with Crippen molar-refractivity contribution in [2.75, 3.05) is 39.3 Å². The van der Waals surface area contributed by atoms with Crippen LogP contribution in [0.4, 0.5) is 0 Å². The normalized spacial score (nSPS) is 25.1. The molecule has 0 aliphatic carbocycles. The first-order valence-corrected chi connectivity index (χ1v) is 9.03. The lowest BCUT2D eigenvalue weighted by molar-refractivity contribution is -0.140. The quantitative estimate of drug-likeness (QED) is 0.797. The van der Waals surface area contributed by atoms with Gasteiger partial charge in [0.2, 0.25) is 5.91 Å². The Bertz CT molecular complexity index is 617. The first-order chi connectivity index (χ1) is 12.1. The van der Waals surface area contributed by atoms with Crippen LogP contribution >= 0.6 is 0 Å². The molecule has 25 heavy (non-hydrogen) atoms. The van der Waals surface area contributed by atoms with Gasteiger partial charge in [-0.2, -0.15) is 5.10 Å². The van der Waals surface area contributed by atoms with Crippen LogP contribution in [0.1, 0.15) is 48.3 Å². The van der Waals surface area contributed by atoms with E-state index in [1.165, 1.54) is 0 Å². The number of carbonyl (C=O) groups is 2. The Balaban J connectivity index is 1.55. The van der Waals surface area contributed by atoms with Crippen molar-refractivity contribution in [3.63, 3.8) is 0 Å². The summed E-state index contributed by atoms with van der Waals surface area (Å²) in [6.07, 6.45) is 3.12. The maximum atomic E-state index is 12.6. The fourth-order valence-electron chi connectivity index (χ4n) is 3.61. The number of aromatic amines is 1. The van der Waals surface area contributed by atoms with E-state index in [0.29, 0.717) is 26.2 Å². The van der Waals surface area contributed by atoms with Gasteiger partial charge in [-0.25, -0.2) is 0 Å². The number of morpholine rings is 1. The largest absolute Gasteiger partial charge is 0.375 e. The van der Waals surface area contributed by atoms with Gasteiger partial charge in [-0.15, -0.1) is 0 Å². The molecule has 3 N–H and O–H groups in total. The number of H-pyrrole nitrogens is 1. The molecule has 2 aliphatic rings. The summed E-state index contributed by atoms with van der Waals surface area (Å²) in [5, 5.41) is 6.88. The molecule has 0 bridgehead atoms.